The van der Waals surface area contributed by atoms with Gasteiger partial charge in [-0.3, -0.25) is 9.48 Å². The Bertz CT molecular complexity index is 856. The van der Waals surface area contributed by atoms with Gasteiger partial charge in [0.05, 0.1) is 23.7 Å². The Balaban J connectivity index is 1.94. The molecule has 2 N–H and O–H groups in total. The SMILES string of the molecule is Cc1nn(Cc2ccccc2Cl)c2sc(C(=O)NCCO)cc12. The highest BCUT2D eigenvalue weighted by Gasteiger charge is 2.16. The number of hydrogen-bond donors (Lipinski definition) is 2. The summed E-state index contributed by atoms with van der Waals surface area (Å²) in [7, 11) is 0. The number of aryl methyl sites for hydroxylation is 1. The number of hydrogen-bond acceptors (Lipinski definition) is 4. The van der Waals surface area contributed by atoms with Crippen LogP contribution in [0.3, 0.4) is 0 Å². The lowest BCUT2D eigenvalue weighted by Gasteiger charge is -2.05. The fraction of sp³-hybridized carbons (Fsp3) is 0.250. The number of carbonyl (C=O) groups excluding carboxylic acids is 1. The van der Waals surface area contributed by atoms with Crippen molar-refractivity contribution < 1.29 is 9.90 Å². The van der Waals surface area contributed by atoms with Gasteiger partial charge in [-0.15, -0.1) is 11.3 Å². The predicted octanol–water partition coefficient (Wildman–Crippen LogP) is 2.83. The first kappa shape index (κ1) is 16.0. The molecular formula is C16H16ClN3O2S. The lowest BCUT2D eigenvalue weighted by Crippen LogP contribution is -2.25. The van der Waals surface area contributed by atoms with Gasteiger partial charge in [0.1, 0.15) is 4.83 Å². The van der Waals surface area contributed by atoms with Gasteiger partial charge in [-0.05, 0) is 24.6 Å². The van der Waals surface area contributed by atoms with Crippen molar-refractivity contribution in [2.45, 2.75) is 13.5 Å². The zero-order valence-corrected chi connectivity index (χ0v) is 14.1. The molecule has 120 valence electrons. The molecule has 0 radical (unpaired) electrons. The first-order chi connectivity index (χ1) is 11.1. The second-order valence-electron chi connectivity index (χ2n) is 5.14. The smallest absolute Gasteiger partial charge is 0.261 e. The van der Waals surface area contributed by atoms with Crippen molar-refractivity contribution in [2.75, 3.05) is 13.2 Å². The summed E-state index contributed by atoms with van der Waals surface area (Å²) in [6.07, 6.45) is 0. The van der Waals surface area contributed by atoms with Crippen LogP contribution >= 0.6 is 22.9 Å². The number of benzene rings is 1. The van der Waals surface area contributed by atoms with E-state index in [-0.39, 0.29) is 19.1 Å². The van der Waals surface area contributed by atoms with Crippen LogP contribution < -0.4 is 5.32 Å². The highest BCUT2D eigenvalue weighted by atomic mass is 35.5. The first-order valence-corrected chi connectivity index (χ1v) is 8.39. The molecule has 0 fully saturated rings. The number of rotatable bonds is 5. The molecule has 1 aromatic carbocycles. The van der Waals surface area contributed by atoms with Crippen LogP contribution in [0.15, 0.2) is 30.3 Å². The molecule has 1 amide bonds. The van der Waals surface area contributed by atoms with Crippen LogP contribution in [0.1, 0.15) is 20.9 Å². The third-order valence-electron chi connectivity index (χ3n) is 3.51. The minimum Gasteiger partial charge on any atom is -0.395 e. The van der Waals surface area contributed by atoms with Gasteiger partial charge in [0, 0.05) is 17.0 Å². The van der Waals surface area contributed by atoms with Crippen molar-refractivity contribution in [2.24, 2.45) is 0 Å². The van der Waals surface area contributed by atoms with Crippen LogP contribution in [0, 0.1) is 6.92 Å². The minimum atomic E-state index is -0.177. The maximum Gasteiger partial charge on any atom is 0.261 e. The van der Waals surface area contributed by atoms with Gasteiger partial charge in [-0.2, -0.15) is 5.10 Å². The normalized spacial score (nSPS) is 11.1. The van der Waals surface area contributed by atoms with E-state index in [1.54, 1.807) is 0 Å². The number of aliphatic hydroxyl groups is 1. The highest BCUT2D eigenvalue weighted by Crippen LogP contribution is 2.29. The number of thiophene rings is 1. The van der Waals surface area contributed by atoms with Crippen molar-refractivity contribution in [3.63, 3.8) is 0 Å². The predicted molar refractivity (Wildman–Crippen MR) is 92.3 cm³/mol. The van der Waals surface area contributed by atoms with Gasteiger partial charge < -0.3 is 10.4 Å². The number of fused-ring (bicyclic) bond motifs is 1. The van der Waals surface area contributed by atoms with Crippen molar-refractivity contribution in [1.82, 2.24) is 15.1 Å². The number of nitrogens with zero attached hydrogens (tertiary/aromatic N) is 2. The van der Waals surface area contributed by atoms with Crippen LogP contribution in [0.4, 0.5) is 0 Å². The molecule has 0 atom stereocenters. The molecule has 0 bridgehead atoms. The summed E-state index contributed by atoms with van der Waals surface area (Å²) < 4.78 is 1.87. The number of halogens is 1. The maximum absolute atomic E-state index is 12.0. The molecule has 2 heterocycles. The third-order valence-corrected chi connectivity index (χ3v) is 5.02. The molecule has 0 aliphatic carbocycles. The summed E-state index contributed by atoms with van der Waals surface area (Å²) in [6, 6.07) is 9.50. The quantitative estimate of drug-likeness (QED) is 0.744. The van der Waals surface area contributed by atoms with Crippen LogP contribution in [0.5, 0.6) is 0 Å². The average Bonchev–Trinajstić information content (AvgIpc) is 3.09. The minimum absolute atomic E-state index is 0.0735. The second kappa shape index (κ2) is 6.70. The molecule has 3 rings (SSSR count). The van der Waals surface area contributed by atoms with Crippen LogP contribution in [-0.2, 0) is 6.54 Å². The zero-order chi connectivity index (χ0) is 16.4. The zero-order valence-electron chi connectivity index (χ0n) is 12.5. The van der Waals surface area contributed by atoms with Gasteiger partial charge in [0.2, 0.25) is 0 Å². The number of aliphatic hydroxyl groups excluding tert-OH is 1. The summed E-state index contributed by atoms with van der Waals surface area (Å²) in [5.74, 6) is -0.177. The molecule has 23 heavy (non-hydrogen) atoms. The molecule has 0 aliphatic rings. The second-order valence-corrected chi connectivity index (χ2v) is 6.58. The number of amides is 1. The summed E-state index contributed by atoms with van der Waals surface area (Å²) in [4.78, 5) is 13.6. The summed E-state index contributed by atoms with van der Waals surface area (Å²) >= 11 is 7.61. The van der Waals surface area contributed by atoms with E-state index in [1.807, 2.05) is 41.9 Å². The highest BCUT2D eigenvalue weighted by molar-refractivity contribution is 7.20. The lowest BCUT2D eigenvalue weighted by atomic mass is 10.2. The number of nitrogens with one attached hydrogen (secondary N) is 1. The largest absolute Gasteiger partial charge is 0.395 e. The van der Waals surface area contributed by atoms with Gasteiger partial charge in [-0.25, -0.2) is 0 Å². The van der Waals surface area contributed by atoms with Crippen molar-refractivity contribution in [3.8, 4) is 0 Å². The molecule has 0 aliphatic heterocycles. The number of carbonyl (C=O) groups is 1. The molecule has 0 saturated carbocycles. The van der Waals surface area contributed by atoms with E-state index >= 15 is 0 Å². The fourth-order valence-electron chi connectivity index (χ4n) is 2.38. The van der Waals surface area contributed by atoms with E-state index in [2.05, 4.69) is 10.4 Å². The molecule has 2 aromatic heterocycles. The van der Waals surface area contributed by atoms with Crippen LogP contribution in [0.25, 0.3) is 10.2 Å². The summed E-state index contributed by atoms with van der Waals surface area (Å²) in [5.41, 5.74) is 1.86. The van der Waals surface area contributed by atoms with Crippen molar-refractivity contribution in [3.05, 3.63) is 51.5 Å². The molecule has 7 heteroatoms. The van der Waals surface area contributed by atoms with Crippen molar-refractivity contribution in [1.29, 1.82) is 0 Å². The molecular weight excluding hydrogens is 334 g/mol. The van der Waals surface area contributed by atoms with E-state index in [1.165, 1.54) is 11.3 Å². The Labute approximate surface area is 142 Å². The van der Waals surface area contributed by atoms with Gasteiger partial charge in [0.25, 0.3) is 5.91 Å². The summed E-state index contributed by atoms with van der Waals surface area (Å²) in [5, 5.41) is 17.7. The van der Waals surface area contributed by atoms with Crippen LogP contribution in [0.2, 0.25) is 5.02 Å². The Hall–Kier alpha value is -1.89. The van der Waals surface area contributed by atoms with Crippen LogP contribution in [-0.4, -0.2) is 33.9 Å². The molecule has 0 unspecified atom stereocenters. The monoisotopic (exact) mass is 349 g/mol. The Morgan fingerprint density at radius 2 is 2.22 bits per heavy atom. The van der Waals surface area contributed by atoms with Gasteiger partial charge >= 0.3 is 0 Å². The van der Waals surface area contributed by atoms with E-state index in [0.717, 1.165) is 21.5 Å². The molecule has 0 saturated heterocycles. The molecule has 5 nitrogen and oxygen atoms in total. The first-order valence-electron chi connectivity index (χ1n) is 7.19. The maximum atomic E-state index is 12.0. The van der Waals surface area contributed by atoms with E-state index in [0.29, 0.717) is 16.4 Å². The lowest BCUT2D eigenvalue weighted by molar-refractivity contribution is 0.0949. The van der Waals surface area contributed by atoms with E-state index < -0.39 is 0 Å². The topological polar surface area (TPSA) is 67.2 Å². The Morgan fingerprint density at radius 3 is 2.96 bits per heavy atom. The average molecular weight is 350 g/mol. The fourth-order valence-corrected chi connectivity index (χ4v) is 3.65. The van der Waals surface area contributed by atoms with E-state index in [4.69, 9.17) is 16.7 Å². The Morgan fingerprint density at radius 1 is 1.43 bits per heavy atom. The molecule has 0 spiro atoms. The molecule has 3 aromatic rings. The summed E-state index contributed by atoms with van der Waals surface area (Å²) in [6.45, 7) is 2.66. The standard InChI is InChI=1S/C16H16ClN3O2S/c1-10-12-8-14(15(22)18-6-7-21)23-16(12)20(19-10)9-11-4-2-3-5-13(11)17/h2-5,8,21H,6-7,9H2,1H3,(H,18,22). The number of aromatic nitrogens is 2. The Kier molecular flexibility index (Phi) is 4.66. The van der Waals surface area contributed by atoms with Crippen molar-refractivity contribution >= 4 is 39.1 Å². The third kappa shape index (κ3) is 3.24. The van der Waals surface area contributed by atoms with Gasteiger partial charge in [-0.1, -0.05) is 29.8 Å². The van der Waals surface area contributed by atoms with E-state index in [9.17, 15) is 4.79 Å². The van der Waals surface area contributed by atoms with Gasteiger partial charge in [0.15, 0.2) is 0 Å².